The number of nitrogens with zero attached hydrogens (tertiary/aromatic N) is 3. The molecule has 0 aromatic carbocycles. The summed E-state index contributed by atoms with van der Waals surface area (Å²) in [6.07, 6.45) is 3.79. The summed E-state index contributed by atoms with van der Waals surface area (Å²) in [5.74, 6) is 0.624. The van der Waals surface area contributed by atoms with E-state index in [0.29, 0.717) is 5.92 Å². The standard InChI is InChI=1S/C15H17N3OS/c1-11(19)18-8-5-12(6-9-18)13-3-2-4-14(17-13)15-16-7-10-20-15/h2-4,7,10,12H,5-6,8-9H2,1H3. The predicted octanol–water partition coefficient (Wildman–Crippen LogP) is 2.93. The molecule has 3 heterocycles. The maximum Gasteiger partial charge on any atom is 0.219 e. The van der Waals surface area contributed by atoms with E-state index in [1.54, 1.807) is 24.5 Å². The monoisotopic (exact) mass is 287 g/mol. The molecule has 104 valence electrons. The second-order valence-corrected chi connectivity index (χ2v) is 5.96. The van der Waals surface area contributed by atoms with Crippen molar-refractivity contribution >= 4 is 17.2 Å². The topological polar surface area (TPSA) is 46.1 Å². The first-order chi connectivity index (χ1) is 9.74. The van der Waals surface area contributed by atoms with Crippen molar-refractivity contribution in [1.29, 1.82) is 0 Å². The normalized spacial score (nSPS) is 16.4. The summed E-state index contributed by atoms with van der Waals surface area (Å²) in [7, 11) is 0. The average Bonchev–Trinajstić information content (AvgIpc) is 3.02. The predicted molar refractivity (Wildman–Crippen MR) is 79.6 cm³/mol. The molecule has 1 aliphatic rings. The SMILES string of the molecule is CC(=O)N1CCC(c2cccc(-c3nccs3)n2)CC1. The van der Waals surface area contributed by atoms with Gasteiger partial charge in [0.15, 0.2) is 0 Å². The smallest absolute Gasteiger partial charge is 0.219 e. The first-order valence-corrected chi connectivity index (χ1v) is 7.74. The zero-order chi connectivity index (χ0) is 13.9. The molecule has 0 spiro atoms. The molecule has 2 aromatic heterocycles. The fourth-order valence-electron chi connectivity index (χ4n) is 2.64. The Labute approximate surface area is 122 Å². The molecular weight excluding hydrogens is 270 g/mol. The van der Waals surface area contributed by atoms with Crippen LogP contribution in [-0.2, 0) is 4.79 Å². The Balaban J connectivity index is 1.75. The van der Waals surface area contributed by atoms with Crippen molar-refractivity contribution in [2.24, 2.45) is 0 Å². The van der Waals surface area contributed by atoms with Gasteiger partial charge in [0.1, 0.15) is 5.01 Å². The van der Waals surface area contributed by atoms with Gasteiger partial charge in [-0.25, -0.2) is 4.98 Å². The second kappa shape index (κ2) is 5.71. The van der Waals surface area contributed by atoms with Gasteiger partial charge in [-0.3, -0.25) is 9.78 Å². The number of hydrogen-bond acceptors (Lipinski definition) is 4. The molecule has 1 aliphatic heterocycles. The van der Waals surface area contributed by atoms with Crippen LogP contribution in [0.5, 0.6) is 0 Å². The molecular formula is C15H17N3OS. The Kier molecular flexibility index (Phi) is 3.78. The maximum atomic E-state index is 11.4. The highest BCUT2D eigenvalue weighted by atomic mass is 32.1. The fraction of sp³-hybridized carbons (Fsp3) is 0.400. The number of thiazole rings is 1. The Morgan fingerprint density at radius 3 is 2.80 bits per heavy atom. The number of hydrogen-bond donors (Lipinski definition) is 0. The van der Waals surface area contributed by atoms with E-state index in [9.17, 15) is 4.79 Å². The number of rotatable bonds is 2. The highest BCUT2D eigenvalue weighted by Gasteiger charge is 2.23. The Bertz CT molecular complexity index is 589. The third-order valence-electron chi connectivity index (χ3n) is 3.78. The zero-order valence-corrected chi connectivity index (χ0v) is 12.3. The minimum Gasteiger partial charge on any atom is -0.343 e. The van der Waals surface area contributed by atoms with E-state index < -0.39 is 0 Å². The highest BCUT2D eigenvalue weighted by molar-refractivity contribution is 7.13. The molecule has 0 radical (unpaired) electrons. The van der Waals surface area contributed by atoms with Crippen LogP contribution < -0.4 is 0 Å². The average molecular weight is 287 g/mol. The number of likely N-dealkylation sites (tertiary alicyclic amines) is 1. The lowest BCUT2D eigenvalue weighted by molar-refractivity contribution is -0.129. The Hall–Kier alpha value is -1.75. The number of carbonyl (C=O) groups excluding carboxylic acids is 1. The molecule has 0 bridgehead atoms. The van der Waals surface area contributed by atoms with Crippen LogP contribution in [0.2, 0.25) is 0 Å². The van der Waals surface area contributed by atoms with Crippen LogP contribution in [0.3, 0.4) is 0 Å². The number of aromatic nitrogens is 2. The first-order valence-electron chi connectivity index (χ1n) is 6.86. The van der Waals surface area contributed by atoms with E-state index in [0.717, 1.165) is 42.3 Å². The minimum absolute atomic E-state index is 0.174. The lowest BCUT2D eigenvalue weighted by Crippen LogP contribution is -2.36. The lowest BCUT2D eigenvalue weighted by Gasteiger charge is -2.31. The van der Waals surface area contributed by atoms with Gasteiger partial charge in [-0.2, -0.15) is 0 Å². The van der Waals surface area contributed by atoms with Gasteiger partial charge in [-0.15, -0.1) is 11.3 Å². The minimum atomic E-state index is 0.174. The maximum absolute atomic E-state index is 11.4. The van der Waals surface area contributed by atoms with Crippen LogP contribution >= 0.6 is 11.3 Å². The van der Waals surface area contributed by atoms with E-state index in [4.69, 9.17) is 4.98 Å². The molecule has 3 rings (SSSR count). The number of pyridine rings is 1. The first kappa shape index (κ1) is 13.2. The van der Waals surface area contributed by atoms with Crippen molar-refractivity contribution in [1.82, 2.24) is 14.9 Å². The second-order valence-electron chi connectivity index (χ2n) is 5.07. The van der Waals surface area contributed by atoms with Gasteiger partial charge in [0.2, 0.25) is 5.91 Å². The summed E-state index contributed by atoms with van der Waals surface area (Å²) in [6.45, 7) is 3.31. The molecule has 1 saturated heterocycles. The van der Waals surface area contributed by atoms with Crippen LogP contribution in [0.1, 0.15) is 31.4 Å². The van der Waals surface area contributed by atoms with Gasteiger partial charge in [0.05, 0.1) is 5.69 Å². The van der Waals surface area contributed by atoms with Crippen LogP contribution in [0.4, 0.5) is 0 Å². The Morgan fingerprint density at radius 2 is 2.15 bits per heavy atom. The summed E-state index contributed by atoms with van der Waals surface area (Å²) < 4.78 is 0. The van der Waals surface area contributed by atoms with E-state index in [-0.39, 0.29) is 5.91 Å². The molecule has 1 amide bonds. The fourth-order valence-corrected chi connectivity index (χ4v) is 3.24. The number of piperidine rings is 1. The molecule has 0 saturated carbocycles. The largest absolute Gasteiger partial charge is 0.343 e. The third-order valence-corrected chi connectivity index (χ3v) is 4.58. The quantitative estimate of drug-likeness (QED) is 0.853. The Morgan fingerprint density at radius 1 is 1.35 bits per heavy atom. The zero-order valence-electron chi connectivity index (χ0n) is 11.5. The van der Waals surface area contributed by atoms with Gasteiger partial charge in [0.25, 0.3) is 0 Å². The molecule has 4 nitrogen and oxygen atoms in total. The molecule has 20 heavy (non-hydrogen) atoms. The summed E-state index contributed by atoms with van der Waals surface area (Å²) in [4.78, 5) is 22.3. The van der Waals surface area contributed by atoms with Crippen LogP contribution in [-0.4, -0.2) is 33.9 Å². The van der Waals surface area contributed by atoms with Crippen molar-refractivity contribution in [2.75, 3.05) is 13.1 Å². The summed E-state index contributed by atoms with van der Waals surface area (Å²) in [5, 5.41) is 2.93. The van der Waals surface area contributed by atoms with Crippen molar-refractivity contribution in [3.63, 3.8) is 0 Å². The molecule has 1 fully saturated rings. The van der Waals surface area contributed by atoms with Gasteiger partial charge < -0.3 is 4.90 Å². The van der Waals surface area contributed by atoms with Gasteiger partial charge >= 0.3 is 0 Å². The molecule has 0 aliphatic carbocycles. The molecule has 0 N–H and O–H groups in total. The number of carbonyl (C=O) groups is 1. The number of amides is 1. The van der Waals surface area contributed by atoms with E-state index in [2.05, 4.69) is 17.1 Å². The highest BCUT2D eigenvalue weighted by Crippen LogP contribution is 2.28. The third kappa shape index (κ3) is 2.72. The molecule has 0 unspecified atom stereocenters. The molecule has 0 atom stereocenters. The molecule has 5 heteroatoms. The van der Waals surface area contributed by atoms with Crippen molar-refractivity contribution in [2.45, 2.75) is 25.7 Å². The van der Waals surface area contributed by atoms with Crippen LogP contribution in [0.25, 0.3) is 10.7 Å². The van der Waals surface area contributed by atoms with Crippen molar-refractivity contribution in [3.05, 3.63) is 35.5 Å². The van der Waals surface area contributed by atoms with E-state index in [1.165, 1.54) is 0 Å². The van der Waals surface area contributed by atoms with Gasteiger partial charge in [0, 0.05) is 43.2 Å². The van der Waals surface area contributed by atoms with E-state index >= 15 is 0 Å². The summed E-state index contributed by atoms with van der Waals surface area (Å²) in [6, 6.07) is 6.15. The van der Waals surface area contributed by atoms with Crippen LogP contribution in [0.15, 0.2) is 29.8 Å². The summed E-state index contributed by atoms with van der Waals surface area (Å²) in [5.41, 5.74) is 2.08. The van der Waals surface area contributed by atoms with Gasteiger partial charge in [-0.1, -0.05) is 6.07 Å². The van der Waals surface area contributed by atoms with Gasteiger partial charge in [-0.05, 0) is 25.0 Å². The summed E-state index contributed by atoms with van der Waals surface area (Å²) >= 11 is 1.61. The van der Waals surface area contributed by atoms with E-state index in [1.807, 2.05) is 16.3 Å². The van der Waals surface area contributed by atoms with Crippen molar-refractivity contribution in [3.8, 4) is 10.7 Å². The molecule has 2 aromatic rings. The van der Waals surface area contributed by atoms with Crippen LogP contribution in [0, 0.1) is 0 Å². The van der Waals surface area contributed by atoms with Crippen molar-refractivity contribution < 1.29 is 4.79 Å². The lowest BCUT2D eigenvalue weighted by atomic mass is 9.93.